The first-order valence-electron chi connectivity index (χ1n) is 14.5. The Hall–Kier alpha value is -4.50. The molecule has 4 rings (SSSR count). The molecule has 0 spiro atoms. The summed E-state index contributed by atoms with van der Waals surface area (Å²) < 4.78 is 43.0. The molecule has 0 aliphatic carbocycles. The number of amides is 2. The third-order valence-corrected chi connectivity index (χ3v) is 8.97. The molecule has 0 unspecified atom stereocenters. The van der Waals surface area contributed by atoms with Crippen LogP contribution in [0.15, 0.2) is 108 Å². The molecule has 44 heavy (non-hydrogen) atoms. The Labute approximate surface area is 259 Å². The van der Waals surface area contributed by atoms with E-state index in [-0.39, 0.29) is 29.8 Å². The Morgan fingerprint density at radius 2 is 1.34 bits per heavy atom. The van der Waals surface area contributed by atoms with Crippen molar-refractivity contribution in [1.29, 1.82) is 0 Å². The standard InChI is InChI=1S/C35H38FN3O4S/c1-25(2)37-35(41)33(22-28-8-6-5-7-9-28)38(23-29-14-16-30(36)17-15-29)34(40)24-39(31-18-10-26(3)11-19-31)44(42,43)32-20-12-27(4)13-21-32/h5-21,25,33H,22-24H2,1-4H3,(H,37,41)/t33-/m1/s1. The van der Waals surface area contributed by atoms with Gasteiger partial charge in [0, 0.05) is 19.0 Å². The topological polar surface area (TPSA) is 86.8 Å². The average molecular weight is 616 g/mol. The SMILES string of the molecule is Cc1ccc(N(CC(=O)N(Cc2ccc(F)cc2)[C@H](Cc2ccccc2)C(=O)NC(C)C)S(=O)(=O)c2ccc(C)cc2)cc1. The maximum absolute atomic E-state index is 14.4. The molecule has 2 amide bonds. The molecule has 7 nitrogen and oxygen atoms in total. The van der Waals surface area contributed by atoms with Crippen LogP contribution in [0.4, 0.5) is 10.1 Å². The van der Waals surface area contributed by atoms with Crippen molar-refractivity contribution >= 4 is 27.5 Å². The molecule has 4 aromatic rings. The van der Waals surface area contributed by atoms with Gasteiger partial charge in [0.05, 0.1) is 10.6 Å². The number of hydrogen-bond acceptors (Lipinski definition) is 4. The van der Waals surface area contributed by atoms with Crippen LogP contribution in [-0.2, 0) is 32.6 Å². The summed E-state index contributed by atoms with van der Waals surface area (Å²) in [4.78, 5) is 29.5. The number of hydrogen-bond donors (Lipinski definition) is 1. The second-order valence-corrected chi connectivity index (χ2v) is 13.0. The lowest BCUT2D eigenvalue weighted by Gasteiger charge is -2.34. The van der Waals surface area contributed by atoms with Crippen molar-refractivity contribution in [2.45, 2.75) is 57.6 Å². The summed E-state index contributed by atoms with van der Waals surface area (Å²) >= 11 is 0. The fourth-order valence-electron chi connectivity index (χ4n) is 4.80. The normalized spacial score (nSPS) is 12.0. The highest BCUT2D eigenvalue weighted by Gasteiger charge is 2.34. The molecular formula is C35H38FN3O4S. The summed E-state index contributed by atoms with van der Waals surface area (Å²) in [5.74, 6) is -1.38. The molecule has 0 saturated heterocycles. The number of rotatable bonds is 12. The first-order chi connectivity index (χ1) is 20.9. The van der Waals surface area contributed by atoms with Crippen molar-refractivity contribution in [2.24, 2.45) is 0 Å². The van der Waals surface area contributed by atoms with Crippen molar-refractivity contribution < 1.29 is 22.4 Å². The zero-order chi connectivity index (χ0) is 31.9. The molecule has 0 bridgehead atoms. The molecule has 1 N–H and O–H groups in total. The minimum Gasteiger partial charge on any atom is -0.352 e. The van der Waals surface area contributed by atoms with Gasteiger partial charge in [-0.3, -0.25) is 13.9 Å². The van der Waals surface area contributed by atoms with Gasteiger partial charge < -0.3 is 10.2 Å². The minimum absolute atomic E-state index is 0.0333. The van der Waals surface area contributed by atoms with E-state index in [9.17, 15) is 22.4 Å². The van der Waals surface area contributed by atoms with E-state index in [1.165, 1.54) is 29.2 Å². The number of nitrogens with one attached hydrogen (secondary N) is 1. The van der Waals surface area contributed by atoms with Gasteiger partial charge in [0.15, 0.2) is 0 Å². The van der Waals surface area contributed by atoms with Crippen LogP contribution in [0.1, 0.15) is 36.1 Å². The van der Waals surface area contributed by atoms with Crippen molar-refractivity contribution in [2.75, 3.05) is 10.8 Å². The zero-order valence-corrected chi connectivity index (χ0v) is 26.2. The van der Waals surface area contributed by atoms with Crippen molar-refractivity contribution in [3.8, 4) is 0 Å². The third-order valence-electron chi connectivity index (χ3n) is 7.18. The molecule has 0 aliphatic heterocycles. The minimum atomic E-state index is -4.18. The van der Waals surface area contributed by atoms with Gasteiger partial charge >= 0.3 is 0 Å². The number of anilines is 1. The van der Waals surface area contributed by atoms with Crippen molar-refractivity contribution in [3.05, 3.63) is 131 Å². The number of benzene rings is 4. The maximum atomic E-state index is 14.4. The Morgan fingerprint density at radius 1 is 0.773 bits per heavy atom. The smallest absolute Gasteiger partial charge is 0.264 e. The van der Waals surface area contributed by atoms with Crippen LogP contribution in [0.5, 0.6) is 0 Å². The van der Waals surface area contributed by atoms with Crippen molar-refractivity contribution in [1.82, 2.24) is 10.2 Å². The molecule has 0 fully saturated rings. The predicted octanol–water partition coefficient (Wildman–Crippen LogP) is 5.80. The maximum Gasteiger partial charge on any atom is 0.264 e. The van der Waals surface area contributed by atoms with E-state index >= 15 is 0 Å². The molecular weight excluding hydrogens is 577 g/mol. The summed E-state index contributed by atoms with van der Waals surface area (Å²) in [6.07, 6.45) is 0.196. The van der Waals surface area contributed by atoms with Gasteiger partial charge in [0.1, 0.15) is 18.4 Å². The number of halogens is 1. The third kappa shape index (κ3) is 8.32. The summed E-state index contributed by atoms with van der Waals surface area (Å²) in [6.45, 7) is 6.82. The van der Waals surface area contributed by atoms with Crippen molar-refractivity contribution in [3.63, 3.8) is 0 Å². The Morgan fingerprint density at radius 3 is 1.91 bits per heavy atom. The van der Waals surface area contributed by atoms with E-state index in [1.807, 2.05) is 58.0 Å². The lowest BCUT2D eigenvalue weighted by atomic mass is 10.0. The number of carbonyl (C=O) groups is 2. The van der Waals surface area contributed by atoms with Gasteiger partial charge in [-0.15, -0.1) is 0 Å². The van der Waals surface area contributed by atoms with E-state index < -0.39 is 34.3 Å². The van der Waals surface area contributed by atoms with E-state index in [0.29, 0.717) is 11.3 Å². The van der Waals surface area contributed by atoms with Crippen LogP contribution < -0.4 is 9.62 Å². The monoisotopic (exact) mass is 615 g/mol. The van der Waals surface area contributed by atoms with E-state index in [0.717, 1.165) is 21.0 Å². The highest BCUT2D eigenvalue weighted by Crippen LogP contribution is 2.26. The quantitative estimate of drug-likeness (QED) is 0.218. The van der Waals surface area contributed by atoms with Crippen LogP contribution in [0, 0.1) is 19.7 Å². The molecule has 4 aromatic carbocycles. The Balaban J connectivity index is 1.79. The van der Waals surface area contributed by atoms with Crippen LogP contribution in [0.25, 0.3) is 0 Å². The summed E-state index contributed by atoms with van der Waals surface area (Å²) in [7, 11) is -4.18. The fraction of sp³-hybridized carbons (Fsp3) is 0.257. The van der Waals surface area contributed by atoms with Gasteiger partial charge in [0.25, 0.3) is 10.0 Å². The van der Waals surface area contributed by atoms with Gasteiger partial charge in [-0.25, -0.2) is 12.8 Å². The lowest BCUT2D eigenvalue weighted by Crippen LogP contribution is -2.54. The van der Waals surface area contributed by atoms with Crippen LogP contribution in [0.2, 0.25) is 0 Å². The molecule has 1 atom stereocenters. The van der Waals surface area contributed by atoms with Gasteiger partial charge in [-0.05, 0) is 75.2 Å². The Kier molecular flexibility index (Phi) is 10.5. The van der Waals surface area contributed by atoms with E-state index in [4.69, 9.17) is 0 Å². The molecule has 0 saturated carbocycles. The van der Waals surface area contributed by atoms with Gasteiger partial charge in [-0.1, -0.05) is 77.9 Å². The molecule has 230 valence electrons. The lowest BCUT2D eigenvalue weighted by molar-refractivity contribution is -0.140. The average Bonchev–Trinajstić information content (AvgIpc) is 2.99. The van der Waals surface area contributed by atoms with Crippen LogP contribution >= 0.6 is 0 Å². The highest BCUT2D eigenvalue weighted by atomic mass is 32.2. The number of nitrogens with zero attached hydrogens (tertiary/aromatic N) is 2. The van der Waals surface area contributed by atoms with Gasteiger partial charge in [0.2, 0.25) is 11.8 Å². The summed E-state index contributed by atoms with van der Waals surface area (Å²) in [5.41, 5.74) is 3.57. The zero-order valence-electron chi connectivity index (χ0n) is 25.4. The Bertz CT molecular complexity index is 1660. The van der Waals surface area contributed by atoms with E-state index in [1.54, 1.807) is 48.5 Å². The van der Waals surface area contributed by atoms with E-state index in [2.05, 4.69) is 5.32 Å². The number of sulfonamides is 1. The largest absolute Gasteiger partial charge is 0.352 e. The van der Waals surface area contributed by atoms with Crippen LogP contribution in [-0.4, -0.2) is 43.8 Å². The molecule has 0 aromatic heterocycles. The second kappa shape index (κ2) is 14.3. The molecule has 9 heteroatoms. The molecule has 0 aliphatic rings. The molecule has 0 heterocycles. The molecule has 0 radical (unpaired) electrons. The number of carbonyl (C=O) groups excluding carboxylic acids is 2. The van der Waals surface area contributed by atoms with Crippen LogP contribution in [0.3, 0.4) is 0 Å². The highest BCUT2D eigenvalue weighted by molar-refractivity contribution is 7.92. The van der Waals surface area contributed by atoms with Gasteiger partial charge in [-0.2, -0.15) is 0 Å². The predicted molar refractivity (Wildman–Crippen MR) is 171 cm³/mol. The second-order valence-electron chi connectivity index (χ2n) is 11.2. The summed E-state index contributed by atoms with van der Waals surface area (Å²) in [5, 5.41) is 2.92. The fourth-order valence-corrected chi connectivity index (χ4v) is 6.21. The number of aryl methyl sites for hydroxylation is 2. The summed E-state index contributed by atoms with van der Waals surface area (Å²) in [6, 6.07) is 27.1. The first kappa shape index (κ1) is 32.4. The first-order valence-corrected chi connectivity index (χ1v) is 15.9.